The monoisotopic (exact) mass is 321 g/mol. The summed E-state index contributed by atoms with van der Waals surface area (Å²) in [7, 11) is 1.90. The fourth-order valence-electron chi connectivity index (χ4n) is 3.54. The van der Waals surface area contributed by atoms with Crippen LogP contribution in [0.1, 0.15) is 38.4 Å². The van der Waals surface area contributed by atoms with Crippen molar-refractivity contribution in [3.8, 4) is 0 Å². The summed E-state index contributed by atoms with van der Waals surface area (Å²) in [5.74, 6) is 1.49. The summed E-state index contributed by atoms with van der Waals surface area (Å²) in [6, 6.07) is 0.0290. The quantitative estimate of drug-likeness (QED) is 0.870. The van der Waals surface area contributed by atoms with Gasteiger partial charge in [0.1, 0.15) is 0 Å². The molecular weight excluding hydrogens is 290 g/mol. The van der Waals surface area contributed by atoms with Crippen LogP contribution in [-0.2, 0) is 13.6 Å². The molecule has 3 atom stereocenters. The number of piperidine rings is 1. The summed E-state index contributed by atoms with van der Waals surface area (Å²) in [4.78, 5) is 14.5. The highest BCUT2D eigenvalue weighted by atomic mass is 16.2. The Bertz CT molecular complexity index is 517. The van der Waals surface area contributed by atoms with Crippen molar-refractivity contribution in [2.24, 2.45) is 18.9 Å². The average molecular weight is 321 g/mol. The van der Waals surface area contributed by atoms with E-state index in [9.17, 15) is 4.79 Å². The molecule has 0 aliphatic carbocycles. The molecule has 1 aliphatic heterocycles. The molecule has 0 saturated carbocycles. The minimum absolute atomic E-state index is 0.112. The fraction of sp³-hybridized carbons (Fsp3) is 0.765. The molecule has 3 unspecified atom stereocenters. The van der Waals surface area contributed by atoms with Crippen LogP contribution in [0.4, 0.5) is 4.79 Å². The van der Waals surface area contributed by atoms with Crippen LogP contribution < -0.4 is 10.6 Å². The molecule has 0 aromatic carbocycles. The predicted octanol–water partition coefficient (Wildman–Crippen LogP) is 1.89. The second-order valence-corrected chi connectivity index (χ2v) is 7.27. The summed E-state index contributed by atoms with van der Waals surface area (Å²) in [6.07, 6.45) is 3.11. The summed E-state index contributed by atoms with van der Waals surface area (Å²) < 4.78 is 1.82. The SMILES string of the molecule is Cc1c(CNC(=O)NC(C)CN2CC(C)CC(C)C2)cnn1C. The molecule has 2 heterocycles. The van der Waals surface area contributed by atoms with Gasteiger partial charge >= 0.3 is 6.03 Å². The van der Waals surface area contributed by atoms with Crippen molar-refractivity contribution in [3.05, 3.63) is 17.5 Å². The minimum atomic E-state index is -0.112. The third kappa shape index (κ3) is 5.23. The number of carbonyl (C=O) groups excluding carboxylic acids is 1. The molecule has 1 fully saturated rings. The number of hydrogen-bond acceptors (Lipinski definition) is 3. The lowest BCUT2D eigenvalue weighted by molar-refractivity contribution is 0.131. The van der Waals surface area contributed by atoms with Gasteiger partial charge in [-0.2, -0.15) is 5.10 Å². The maximum atomic E-state index is 12.0. The van der Waals surface area contributed by atoms with Crippen molar-refractivity contribution in [1.82, 2.24) is 25.3 Å². The van der Waals surface area contributed by atoms with E-state index in [1.54, 1.807) is 6.20 Å². The van der Waals surface area contributed by atoms with Gasteiger partial charge in [0.25, 0.3) is 0 Å². The van der Waals surface area contributed by atoms with E-state index in [1.807, 2.05) is 18.7 Å². The lowest BCUT2D eigenvalue weighted by atomic mass is 9.92. The third-order valence-electron chi connectivity index (χ3n) is 4.63. The summed E-state index contributed by atoms with van der Waals surface area (Å²) in [5, 5.41) is 10.1. The van der Waals surface area contributed by atoms with Gasteiger partial charge in [0.05, 0.1) is 6.20 Å². The fourth-order valence-corrected chi connectivity index (χ4v) is 3.54. The van der Waals surface area contributed by atoms with Gasteiger partial charge in [-0.25, -0.2) is 4.79 Å². The van der Waals surface area contributed by atoms with Crippen LogP contribution in [0.2, 0.25) is 0 Å². The Labute approximate surface area is 139 Å². The molecule has 2 N–H and O–H groups in total. The summed E-state index contributed by atoms with van der Waals surface area (Å²) >= 11 is 0. The standard InChI is InChI=1S/C17H31N5O/c1-12-6-13(2)10-22(9-12)11-14(3)20-17(23)18-7-16-8-19-21(5)15(16)4/h8,12-14H,6-7,9-11H2,1-5H3,(H2,18,20,23). The zero-order chi connectivity index (χ0) is 17.0. The number of likely N-dealkylation sites (tertiary alicyclic amines) is 1. The zero-order valence-corrected chi connectivity index (χ0v) is 15.1. The molecule has 2 rings (SSSR count). The molecule has 2 amide bonds. The summed E-state index contributed by atoms with van der Waals surface area (Å²) in [5.41, 5.74) is 2.13. The molecular formula is C17H31N5O. The number of aryl methyl sites for hydroxylation is 1. The number of aromatic nitrogens is 2. The maximum absolute atomic E-state index is 12.0. The number of carbonyl (C=O) groups is 1. The van der Waals surface area contributed by atoms with Crippen LogP contribution in [0, 0.1) is 18.8 Å². The molecule has 130 valence electrons. The Morgan fingerprint density at radius 3 is 2.61 bits per heavy atom. The van der Waals surface area contributed by atoms with Crippen LogP contribution in [0.25, 0.3) is 0 Å². The summed E-state index contributed by atoms with van der Waals surface area (Å²) in [6.45, 7) is 12.4. The zero-order valence-electron chi connectivity index (χ0n) is 15.1. The normalized spacial score (nSPS) is 23.5. The van der Waals surface area contributed by atoms with Gasteiger partial charge in [-0.3, -0.25) is 4.68 Å². The number of nitrogens with one attached hydrogen (secondary N) is 2. The Morgan fingerprint density at radius 1 is 1.39 bits per heavy atom. The number of amides is 2. The first kappa shape index (κ1) is 17.8. The molecule has 6 heteroatoms. The molecule has 1 saturated heterocycles. The molecule has 6 nitrogen and oxygen atoms in total. The second kappa shape index (κ2) is 7.81. The van der Waals surface area contributed by atoms with Crippen LogP contribution in [0.5, 0.6) is 0 Å². The van der Waals surface area contributed by atoms with E-state index in [0.717, 1.165) is 42.7 Å². The number of hydrogen-bond donors (Lipinski definition) is 2. The lowest BCUT2D eigenvalue weighted by Gasteiger charge is -2.36. The van der Waals surface area contributed by atoms with Gasteiger partial charge < -0.3 is 15.5 Å². The average Bonchev–Trinajstić information content (AvgIpc) is 2.75. The van der Waals surface area contributed by atoms with Crippen LogP contribution in [-0.4, -0.2) is 46.4 Å². The highest BCUT2D eigenvalue weighted by molar-refractivity contribution is 5.74. The Kier molecular flexibility index (Phi) is 6.04. The van der Waals surface area contributed by atoms with Crippen molar-refractivity contribution in [1.29, 1.82) is 0 Å². The minimum Gasteiger partial charge on any atom is -0.334 e. The van der Waals surface area contributed by atoms with Crippen molar-refractivity contribution in [3.63, 3.8) is 0 Å². The Balaban J connectivity index is 1.73. The number of nitrogens with zero attached hydrogens (tertiary/aromatic N) is 3. The molecule has 1 aromatic heterocycles. The molecule has 0 bridgehead atoms. The first-order valence-corrected chi connectivity index (χ1v) is 8.59. The number of rotatable bonds is 5. The largest absolute Gasteiger partial charge is 0.334 e. The van der Waals surface area contributed by atoms with Crippen LogP contribution in [0.15, 0.2) is 6.20 Å². The predicted molar refractivity (Wildman–Crippen MR) is 92.2 cm³/mol. The van der Waals surface area contributed by atoms with Crippen LogP contribution >= 0.6 is 0 Å². The molecule has 23 heavy (non-hydrogen) atoms. The maximum Gasteiger partial charge on any atom is 0.315 e. The van der Waals surface area contributed by atoms with Crippen molar-refractivity contribution in [2.45, 2.75) is 46.7 Å². The van der Waals surface area contributed by atoms with E-state index < -0.39 is 0 Å². The molecule has 1 aliphatic rings. The Hall–Kier alpha value is -1.56. The van der Waals surface area contributed by atoms with E-state index >= 15 is 0 Å². The van der Waals surface area contributed by atoms with Crippen molar-refractivity contribution in [2.75, 3.05) is 19.6 Å². The smallest absolute Gasteiger partial charge is 0.315 e. The molecule has 1 aromatic rings. The first-order valence-electron chi connectivity index (χ1n) is 8.59. The molecule has 0 radical (unpaired) electrons. The highest BCUT2D eigenvalue weighted by Gasteiger charge is 2.23. The van der Waals surface area contributed by atoms with Gasteiger partial charge in [-0.15, -0.1) is 0 Å². The lowest BCUT2D eigenvalue weighted by Crippen LogP contribution is -2.49. The van der Waals surface area contributed by atoms with E-state index in [2.05, 4.69) is 41.4 Å². The topological polar surface area (TPSA) is 62.2 Å². The van der Waals surface area contributed by atoms with Crippen molar-refractivity contribution < 1.29 is 4.79 Å². The second-order valence-electron chi connectivity index (χ2n) is 7.27. The van der Waals surface area contributed by atoms with Gasteiger partial charge in [0, 0.05) is 50.5 Å². The van der Waals surface area contributed by atoms with E-state index in [4.69, 9.17) is 0 Å². The van der Waals surface area contributed by atoms with E-state index in [0.29, 0.717) is 6.54 Å². The van der Waals surface area contributed by atoms with Crippen molar-refractivity contribution >= 4 is 6.03 Å². The van der Waals surface area contributed by atoms with E-state index in [1.165, 1.54) is 6.42 Å². The van der Waals surface area contributed by atoms with Gasteiger partial charge in [-0.05, 0) is 32.1 Å². The highest BCUT2D eigenvalue weighted by Crippen LogP contribution is 2.20. The van der Waals surface area contributed by atoms with Crippen LogP contribution in [0.3, 0.4) is 0 Å². The van der Waals surface area contributed by atoms with Gasteiger partial charge in [-0.1, -0.05) is 13.8 Å². The third-order valence-corrected chi connectivity index (χ3v) is 4.63. The van der Waals surface area contributed by atoms with Gasteiger partial charge in [0.15, 0.2) is 0 Å². The number of urea groups is 1. The molecule has 0 spiro atoms. The Morgan fingerprint density at radius 2 is 2.04 bits per heavy atom. The van der Waals surface area contributed by atoms with E-state index in [-0.39, 0.29) is 12.1 Å². The van der Waals surface area contributed by atoms with Gasteiger partial charge in [0.2, 0.25) is 0 Å². The first-order chi connectivity index (χ1) is 10.8.